The zero-order chi connectivity index (χ0) is 27.7. The topological polar surface area (TPSA) is 94.8 Å². The van der Waals surface area contributed by atoms with E-state index in [-0.39, 0.29) is 18.4 Å². The van der Waals surface area contributed by atoms with Crippen molar-refractivity contribution in [2.24, 2.45) is 0 Å². The zero-order valence-electron chi connectivity index (χ0n) is 23.3. The Labute approximate surface area is 236 Å². The fourth-order valence-corrected chi connectivity index (χ4v) is 6.97. The Morgan fingerprint density at radius 2 is 2.08 bits per heavy atom. The van der Waals surface area contributed by atoms with Crippen molar-refractivity contribution < 1.29 is 14.3 Å². The van der Waals surface area contributed by atoms with Crippen LogP contribution in [0.15, 0.2) is 36.9 Å². The van der Waals surface area contributed by atoms with Gasteiger partial charge in [-0.25, -0.2) is 0 Å². The van der Waals surface area contributed by atoms with Crippen LogP contribution in [0.25, 0.3) is 0 Å². The normalized spacial score (nSPS) is 26.0. The smallest absolute Gasteiger partial charge is 0.321 e. The lowest BCUT2D eigenvalue weighted by Crippen LogP contribution is -2.55. The molecule has 3 aliphatic heterocycles. The summed E-state index contributed by atoms with van der Waals surface area (Å²) in [4.78, 5) is 28.6. The van der Waals surface area contributed by atoms with Crippen LogP contribution in [-0.2, 0) is 23.2 Å². The largest absolute Gasteiger partial charge is 0.466 e. The van der Waals surface area contributed by atoms with Gasteiger partial charge in [0.1, 0.15) is 18.0 Å². The number of hydrogen-bond donors (Lipinski definition) is 0. The fourth-order valence-electron chi connectivity index (χ4n) is 6.97. The number of rotatable bonds is 6. The van der Waals surface area contributed by atoms with E-state index < -0.39 is 5.60 Å². The van der Waals surface area contributed by atoms with Crippen LogP contribution in [0.3, 0.4) is 0 Å². The Kier molecular flexibility index (Phi) is 7.37. The number of aryl methyl sites for hydroxylation is 1. The molecule has 1 unspecified atom stereocenters. The van der Waals surface area contributed by atoms with E-state index in [1.54, 1.807) is 4.90 Å². The van der Waals surface area contributed by atoms with Crippen LogP contribution in [-0.4, -0.2) is 77.6 Å². The van der Waals surface area contributed by atoms with Crippen molar-refractivity contribution in [3.8, 4) is 18.0 Å². The first-order chi connectivity index (χ1) is 19.5. The fraction of sp³-hybridized carbons (Fsp3) is 0.548. The van der Waals surface area contributed by atoms with Crippen LogP contribution in [0.1, 0.15) is 55.2 Å². The first-order valence-electron chi connectivity index (χ1n) is 14.6. The third kappa shape index (κ3) is 4.90. The Bertz CT molecular complexity index is 1320. The molecule has 1 aromatic carbocycles. The average Bonchev–Trinajstić information content (AvgIpc) is 3.40. The summed E-state index contributed by atoms with van der Waals surface area (Å²) in [5.41, 5.74) is 3.22. The van der Waals surface area contributed by atoms with E-state index >= 15 is 0 Å². The van der Waals surface area contributed by atoms with Crippen LogP contribution >= 0.6 is 0 Å². The minimum atomic E-state index is -0.394. The molecule has 210 valence electrons. The third-order valence-corrected chi connectivity index (χ3v) is 9.18. The highest BCUT2D eigenvalue weighted by Crippen LogP contribution is 2.48. The molecule has 4 heterocycles. The molecule has 9 nitrogen and oxygen atoms in total. The number of hydrogen-bond acceptors (Lipinski definition) is 8. The predicted octanol–water partition coefficient (Wildman–Crippen LogP) is 3.62. The molecule has 2 fully saturated rings. The van der Waals surface area contributed by atoms with Gasteiger partial charge in [-0.3, -0.25) is 4.79 Å². The summed E-state index contributed by atoms with van der Waals surface area (Å²) in [7, 11) is 2.13. The van der Waals surface area contributed by atoms with Crippen LogP contribution in [0.5, 0.6) is 11.9 Å². The number of piperazine rings is 1. The van der Waals surface area contributed by atoms with Gasteiger partial charge in [0.05, 0.1) is 24.1 Å². The summed E-state index contributed by atoms with van der Waals surface area (Å²) in [6.07, 6.45) is 8.59. The van der Waals surface area contributed by atoms with Crippen molar-refractivity contribution in [3.05, 3.63) is 53.6 Å². The second kappa shape index (κ2) is 11.1. The molecule has 2 aromatic rings. The van der Waals surface area contributed by atoms with Crippen molar-refractivity contribution in [2.75, 3.05) is 44.7 Å². The third-order valence-electron chi connectivity index (χ3n) is 9.18. The maximum Gasteiger partial charge on any atom is 0.321 e. The Balaban J connectivity index is 1.34. The molecule has 40 heavy (non-hydrogen) atoms. The maximum absolute atomic E-state index is 12.5. The Morgan fingerprint density at radius 3 is 2.88 bits per heavy atom. The lowest BCUT2D eigenvalue weighted by Gasteiger charge is -2.44. The molecular formula is C31H38N6O3. The summed E-state index contributed by atoms with van der Waals surface area (Å²) >= 11 is 0. The molecule has 0 saturated carbocycles. The van der Waals surface area contributed by atoms with Crippen molar-refractivity contribution in [1.82, 2.24) is 19.8 Å². The van der Waals surface area contributed by atoms with Gasteiger partial charge in [0.15, 0.2) is 0 Å². The summed E-state index contributed by atoms with van der Waals surface area (Å²) < 4.78 is 13.2. The van der Waals surface area contributed by atoms with Crippen molar-refractivity contribution in [2.45, 2.75) is 69.1 Å². The number of anilines is 1. The molecule has 2 saturated heterocycles. The molecule has 0 radical (unpaired) electrons. The standard InChI is InChI=1S/C31H38N6O3/c1-3-27(38)37-19-18-36(20-23(37)13-16-32)28-25-12-15-31(14-6-9-22-8-4-5-11-26(22)31)40-29(25)34-30(33-28)39-21-24-10-7-17-35(24)2/h3-5,8,11,23-24H,1,6-7,9-10,12-15,17-21H2,2H3/t23-,24-,31?/m0/s1. The van der Waals surface area contributed by atoms with Crippen molar-refractivity contribution in [1.29, 1.82) is 5.26 Å². The minimum Gasteiger partial charge on any atom is -0.466 e. The molecule has 6 rings (SSSR count). The van der Waals surface area contributed by atoms with Gasteiger partial charge < -0.3 is 24.2 Å². The zero-order valence-corrected chi connectivity index (χ0v) is 23.3. The van der Waals surface area contributed by atoms with Gasteiger partial charge in [-0.05, 0) is 75.7 Å². The van der Waals surface area contributed by atoms with E-state index in [2.05, 4.69) is 53.8 Å². The van der Waals surface area contributed by atoms with Gasteiger partial charge in [0, 0.05) is 25.7 Å². The number of amides is 1. The van der Waals surface area contributed by atoms with E-state index in [9.17, 15) is 10.1 Å². The van der Waals surface area contributed by atoms with Gasteiger partial charge in [-0.1, -0.05) is 30.8 Å². The maximum atomic E-state index is 12.5. The molecular weight excluding hydrogens is 504 g/mol. The number of aromatic nitrogens is 2. The Morgan fingerprint density at radius 1 is 1.20 bits per heavy atom. The van der Waals surface area contributed by atoms with Gasteiger partial charge in [0.25, 0.3) is 0 Å². The van der Waals surface area contributed by atoms with Crippen molar-refractivity contribution >= 4 is 11.7 Å². The first-order valence-corrected chi connectivity index (χ1v) is 14.6. The molecule has 1 amide bonds. The van der Waals surface area contributed by atoms with E-state index in [4.69, 9.17) is 19.4 Å². The predicted molar refractivity (Wildman–Crippen MR) is 151 cm³/mol. The second-order valence-corrected chi connectivity index (χ2v) is 11.5. The summed E-state index contributed by atoms with van der Waals surface area (Å²) in [5.74, 6) is 1.26. The lowest BCUT2D eigenvalue weighted by atomic mass is 9.75. The monoisotopic (exact) mass is 542 g/mol. The van der Waals surface area contributed by atoms with Crippen LogP contribution < -0.4 is 14.4 Å². The number of carbonyl (C=O) groups is 1. The van der Waals surface area contributed by atoms with Crippen molar-refractivity contribution in [3.63, 3.8) is 0 Å². The van der Waals surface area contributed by atoms with Crippen LogP contribution in [0, 0.1) is 11.3 Å². The number of nitrogens with zero attached hydrogens (tertiary/aromatic N) is 6. The first kappa shape index (κ1) is 26.6. The highest BCUT2D eigenvalue weighted by Gasteiger charge is 2.44. The molecule has 3 atom stereocenters. The molecule has 1 spiro atoms. The van der Waals surface area contributed by atoms with E-state index in [0.717, 1.165) is 56.5 Å². The van der Waals surface area contributed by atoms with E-state index in [0.29, 0.717) is 44.2 Å². The molecule has 9 heteroatoms. The van der Waals surface area contributed by atoms with E-state index in [1.165, 1.54) is 23.6 Å². The van der Waals surface area contributed by atoms with Gasteiger partial charge in [-0.2, -0.15) is 15.2 Å². The van der Waals surface area contributed by atoms with Gasteiger partial charge in [0.2, 0.25) is 11.8 Å². The van der Waals surface area contributed by atoms with Gasteiger partial charge in [-0.15, -0.1) is 0 Å². The summed E-state index contributed by atoms with van der Waals surface area (Å²) in [6.45, 7) is 6.86. The number of likely N-dealkylation sites (N-methyl/N-ethyl adjacent to an activating group) is 1. The number of likely N-dealkylation sites (tertiary alicyclic amines) is 1. The SMILES string of the molecule is C=CC(=O)N1CCN(c2nc(OC[C@@H]3CCCN3C)nc3c2CCC2(CCCc4ccccc42)O3)C[C@@H]1CC#N. The molecule has 4 aliphatic rings. The summed E-state index contributed by atoms with van der Waals surface area (Å²) in [5, 5.41) is 9.50. The highest BCUT2D eigenvalue weighted by atomic mass is 16.5. The number of carbonyl (C=O) groups excluding carboxylic acids is 1. The summed E-state index contributed by atoms with van der Waals surface area (Å²) in [6, 6.07) is 11.3. The molecule has 1 aliphatic carbocycles. The van der Waals surface area contributed by atoms with Gasteiger partial charge >= 0.3 is 6.01 Å². The lowest BCUT2D eigenvalue weighted by molar-refractivity contribution is -0.128. The number of fused-ring (bicyclic) bond motifs is 3. The second-order valence-electron chi connectivity index (χ2n) is 11.5. The Hall–Kier alpha value is -3.64. The van der Waals surface area contributed by atoms with Crippen LogP contribution in [0.2, 0.25) is 0 Å². The number of benzene rings is 1. The minimum absolute atomic E-state index is 0.143. The quantitative estimate of drug-likeness (QED) is 0.511. The molecule has 0 bridgehead atoms. The highest BCUT2D eigenvalue weighted by molar-refractivity contribution is 5.87. The number of ether oxygens (including phenoxy) is 2. The van der Waals surface area contributed by atoms with Crippen LogP contribution in [0.4, 0.5) is 5.82 Å². The van der Waals surface area contributed by atoms with E-state index in [1.807, 2.05) is 0 Å². The average molecular weight is 543 g/mol. The number of nitriles is 1. The molecule has 0 N–H and O–H groups in total. The molecule has 1 aromatic heterocycles.